The minimum absolute atomic E-state index is 0.135. The topological polar surface area (TPSA) is 21.3 Å². The highest BCUT2D eigenvalue weighted by molar-refractivity contribution is 5.21. The van der Waals surface area contributed by atoms with E-state index in [0.717, 1.165) is 24.3 Å². The van der Waals surface area contributed by atoms with E-state index >= 15 is 0 Å². The molecule has 0 aliphatic heterocycles. The molecule has 0 fully saturated rings. The van der Waals surface area contributed by atoms with Gasteiger partial charge in [0.1, 0.15) is 11.6 Å². The largest absolute Gasteiger partial charge is 0.494 e. The molecule has 0 radical (unpaired) electrons. The first-order chi connectivity index (χ1) is 10.3. The molecule has 0 spiro atoms. The van der Waals surface area contributed by atoms with E-state index < -0.39 is 0 Å². The van der Waals surface area contributed by atoms with Crippen molar-refractivity contribution in [1.29, 1.82) is 0 Å². The predicted octanol–water partition coefficient (Wildman–Crippen LogP) is 3.82. The Hall–Kier alpha value is -1.87. The second-order valence-corrected chi connectivity index (χ2v) is 5.00. The van der Waals surface area contributed by atoms with Gasteiger partial charge in [0.2, 0.25) is 0 Å². The van der Waals surface area contributed by atoms with Crippen LogP contribution in [0.15, 0.2) is 54.6 Å². The number of nitrogens with one attached hydrogen (secondary N) is 1. The highest BCUT2D eigenvalue weighted by Crippen LogP contribution is 2.13. The summed E-state index contributed by atoms with van der Waals surface area (Å²) in [6, 6.07) is 16.9. The molecule has 0 saturated carbocycles. The van der Waals surface area contributed by atoms with Crippen LogP contribution in [0.1, 0.15) is 18.9 Å². The number of rotatable bonds is 8. The fraction of sp³-hybridized carbons (Fsp3) is 0.333. The highest BCUT2D eigenvalue weighted by Gasteiger charge is 2.11. The SMILES string of the molecule is CCNC(CCOc1ccccc1)Cc1ccccc1F. The summed E-state index contributed by atoms with van der Waals surface area (Å²) in [5, 5.41) is 3.40. The Labute approximate surface area is 126 Å². The van der Waals surface area contributed by atoms with Crippen molar-refractivity contribution in [2.45, 2.75) is 25.8 Å². The summed E-state index contributed by atoms with van der Waals surface area (Å²) in [6.07, 6.45) is 1.52. The molecule has 2 nitrogen and oxygen atoms in total. The summed E-state index contributed by atoms with van der Waals surface area (Å²) in [4.78, 5) is 0. The molecule has 3 heteroatoms. The molecule has 0 amide bonds. The van der Waals surface area contributed by atoms with Crippen molar-refractivity contribution in [3.63, 3.8) is 0 Å². The molecule has 2 aromatic carbocycles. The summed E-state index contributed by atoms with van der Waals surface area (Å²) in [7, 11) is 0. The molecule has 2 rings (SSSR count). The molecule has 2 aromatic rings. The number of hydrogen-bond acceptors (Lipinski definition) is 2. The third-order valence-corrected chi connectivity index (χ3v) is 3.40. The third kappa shape index (κ3) is 5.20. The Morgan fingerprint density at radius 2 is 1.76 bits per heavy atom. The molecule has 0 aliphatic carbocycles. The molecule has 1 N–H and O–H groups in total. The van der Waals surface area contributed by atoms with E-state index in [1.807, 2.05) is 42.5 Å². The third-order valence-electron chi connectivity index (χ3n) is 3.40. The molecule has 112 valence electrons. The van der Waals surface area contributed by atoms with Gasteiger partial charge in [-0.1, -0.05) is 43.3 Å². The van der Waals surface area contributed by atoms with Crippen LogP contribution in [0.25, 0.3) is 0 Å². The molecule has 21 heavy (non-hydrogen) atoms. The van der Waals surface area contributed by atoms with Gasteiger partial charge in [-0.2, -0.15) is 0 Å². The van der Waals surface area contributed by atoms with E-state index in [4.69, 9.17) is 4.74 Å². The number of likely N-dealkylation sites (N-methyl/N-ethyl adjacent to an activating group) is 1. The van der Waals surface area contributed by atoms with Crippen LogP contribution >= 0.6 is 0 Å². The Kier molecular flexibility index (Phi) is 6.22. The van der Waals surface area contributed by atoms with Crippen LogP contribution in [0.3, 0.4) is 0 Å². The first-order valence-electron chi connectivity index (χ1n) is 7.44. The molecule has 0 aliphatic rings. The van der Waals surface area contributed by atoms with Gasteiger partial charge in [-0.3, -0.25) is 0 Å². The first-order valence-corrected chi connectivity index (χ1v) is 7.44. The molecular formula is C18H22FNO. The van der Waals surface area contributed by atoms with Crippen LogP contribution < -0.4 is 10.1 Å². The second-order valence-electron chi connectivity index (χ2n) is 5.00. The second kappa shape index (κ2) is 8.42. The number of ether oxygens (including phenoxy) is 1. The fourth-order valence-electron chi connectivity index (χ4n) is 2.33. The van der Waals surface area contributed by atoms with Crippen molar-refractivity contribution in [2.75, 3.05) is 13.2 Å². The van der Waals surface area contributed by atoms with E-state index in [1.165, 1.54) is 6.07 Å². The lowest BCUT2D eigenvalue weighted by Crippen LogP contribution is -2.32. The summed E-state index contributed by atoms with van der Waals surface area (Å²) < 4.78 is 19.4. The van der Waals surface area contributed by atoms with Gasteiger partial charge < -0.3 is 10.1 Å². The maximum Gasteiger partial charge on any atom is 0.126 e. The lowest BCUT2D eigenvalue weighted by Gasteiger charge is -2.18. The summed E-state index contributed by atoms with van der Waals surface area (Å²) in [5.74, 6) is 0.739. The zero-order valence-corrected chi connectivity index (χ0v) is 12.4. The van der Waals surface area contributed by atoms with Crippen LogP contribution in [-0.4, -0.2) is 19.2 Å². The van der Waals surface area contributed by atoms with Crippen molar-refractivity contribution < 1.29 is 9.13 Å². The average molecular weight is 287 g/mol. The van der Waals surface area contributed by atoms with Crippen molar-refractivity contribution in [3.05, 3.63) is 66.0 Å². The average Bonchev–Trinajstić information content (AvgIpc) is 2.51. The fourth-order valence-corrected chi connectivity index (χ4v) is 2.33. The minimum Gasteiger partial charge on any atom is -0.494 e. The molecular weight excluding hydrogens is 265 g/mol. The Morgan fingerprint density at radius 3 is 2.48 bits per heavy atom. The molecule has 0 aromatic heterocycles. The minimum atomic E-state index is -0.135. The zero-order chi connectivity index (χ0) is 14.9. The summed E-state index contributed by atoms with van der Waals surface area (Å²) >= 11 is 0. The number of para-hydroxylation sites is 1. The van der Waals surface area contributed by atoms with Crippen LogP contribution in [0.2, 0.25) is 0 Å². The van der Waals surface area contributed by atoms with Crippen LogP contribution in [0, 0.1) is 5.82 Å². The predicted molar refractivity (Wildman–Crippen MR) is 84.1 cm³/mol. The van der Waals surface area contributed by atoms with Gasteiger partial charge in [0, 0.05) is 6.04 Å². The van der Waals surface area contributed by atoms with E-state index in [0.29, 0.717) is 13.0 Å². The monoisotopic (exact) mass is 287 g/mol. The molecule has 0 saturated heterocycles. The highest BCUT2D eigenvalue weighted by atomic mass is 19.1. The smallest absolute Gasteiger partial charge is 0.126 e. The Morgan fingerprint density at radius 1 is 1.05 bits per heavy atom. The zero-order valence-electron chi connectivity index (χ0n) is 12.4. The van der Waals surface area contributed by atoms with E-state index in [9.17, 15) is 4.39 Å². The van der Waals surface area contributed by atoms with Gasteiger partial charge in [0.25, 0.3) is 0 Å². The van der Waals surface area contributed by atoms with Gasteiger partial charge in [0.15, 0.2) is 0 Å². The standard InChI is InChI=1S/C18H22FNO/c1-2-20-16(14-15-8-6-7-11-18(15)19)12-13-21-17-9-4-3-5-10-17/h3-11,16,20H,2,12-14H2,1H3. The number of benzene rings is 2. The van der Waals surface area contributed by atoms with Crippen LogP contribution in [0.4, 0.5) is 4.39 Å². The molecule has 1 atom stereocenters. The van der Waals surface area contributed by atoms with Crippen molar-refractivity contribution in [1.82, 2.24) is 5.32 Å². The van der Waals surface area contributed by atoms with Gasteiger partial charge in [-0.05, 0) is 43.1 Å². The van der Waals surface area contributed by atoms with Crippen LogP contribution in [-0.2, 0) is 6.42 Å². The van der Waals surface area contributed by atoms with Crippen LogP contribution in [0.5, 0.6) is 5.75 Å². The van der Waals surface area contributed by atoms with Gasteiger partial charge in [-0.25, -0.2) is 4.39 Å². The lowest BCUT2D eigenvalue weighted by atomic mass is 10.0. The molecule has 0 bridgehead atoms. The maximum atomic E-state index is 13.7. The Bertz CT molecular complexity index is 530. The van der Waals surface area contributed by atoms with Crippen molar-refractivity contribution in [3.8, 4) is 5.75 Å². The first kappa shape index (κ1) is 15.5. The van der Waals surface area contributed by atoms with Gasteiger partial charge >= 0.3 is 0 Å². The molecule has 1 unspecified atom stereocenters. The number of halogens is 1. The van der Waals surface area contributed by atoms with Crippen molar-refractivity contribution >= 4 is 0 Å². The molecule has 0 heterocycles. The van der Waals surface area contributed by atoms with E-state index in [-0.39, 0.29) is 11.9 Å². The normalized spacial score (nSPS) is 12.1. The van der Waals surface area contributed by atoms with Gasteiger partial charge in [0.05, 0.1) is 6.61 Å². The summed E-state index contributed by atoms with van der Waals surface area (Å²) in [6.45, 7) is 3.55. The van der Waals surface area contributed by atoms with E-state index in [2.05, 4.69) is 12.2 Å². The van der Waals surface area contributed by atoms with E-state index in [1.54, 1.807) is 6.07 Å². The Balaban J connectivity index is 1.86. The van der Waals surface area contributed by atoms with Crippen molar-refractivity contribution in [2.24, 2.45) is 0 Å². The maximum absolute atomic E-state index is 13.7. The summed E-state index contributed by atoms with van der Waals surface area (Å²) in [5.41, 5.74) is 0.753. The lowest BCUT2D eigenvalue weighted by molar-refractivity contribution is 0.285. The quantitative estimate of drug-likeness (QED) is 0.797. The number of hydrogen-bond donors (Lipinski definition) is 1. The van der Waals surface area contributed by atoms with Gasteiger partial charge in [-0.15, -0.1) is 0 Å².